The summed E-state index contributed by atoms with van der Waals surface area (Å²) in [6, 6.07) is 0. The first-order chi connectivity index (χ1) is 10.8. The van der Waals surface area contributed by atoms with Gasteiger partial charge in [-0.3, -0.25) is 0 Å². The molecular weight excluding hydrogens is 288 g/mol. The predicted octanol–water partition coefficient (Wildman–Crippen LogP) is 2.89. The minimum absolute atomic E-state index is 0.0178. The van der Waals surface area contributed by atoms with Crippen molar-refractivity contribution < 1.29 is 15.3 Å². The van der Waals surface area contributed by atoms with Crippen molar-refractivity contribution in [1.82, 2.24) is 0 Å². The average Bonchev–Trinajstić information content (AvgIpc) is 2.72. The molecule has 4 aliphatic carbocycles. The van der Waals surface area contributed by atoms with Crippen LogP contribution in [0.3, 0.4) is 0 Å². The van der Waals surface area contributed by atoms with Gasteiger partial charge in [-0.1, -0.05) is 20.4 Å². The summed E-state index contributed by atoms with van der Waals surface area (Å²) in [7, 11) is 0. The normalized spacial score (nSPS) is 58.7. The molecule has 4 aliphatic rings. The lowest BCUT2D eigenvalue weighted by atomic mass is 9.40. The van der Waals surface area contributed by atoms with Gasteiger partial charge in [0, 0.05) is 10.8 Å². The Morgan fingerprint density at radius 2 is 1.78 bits per heavy atom. The van der Waals surface area contributed by atoms with Crippen molar-refractivity contribution in [2.75, 3.05) is 6.61 Å². The summed E-state index contributed by atoms with van der Waals surface area (Å²) in [5, 5.41) is 31.6. The summed E-state index contributed by atoms with van der Waals surface area (Å²) in [6.07, 6.45) is 6.52. The van der Waals surface area contributed by atoms with Gasteiger partial charge < -0.3 is 15.3 Å². The van der Waals surface area contributed by atoms with E-state index in [1.54, 1.807) is 0 Å². The molecule has 0 aliphatic heterocycles. The lowest BCUT2D eigenvalue weighted by Gasteiger charge is -2.65. The van der Waals surface area contributed by atoms with Gasteiger partial charge in [-0.05, 0) is 73.7 Å². The number of hydrogen-bond donors (Lipinski definition) is 3. The summed E-state index contributed by atoms with van der Waals surface area (Å²) in [5.74, 6) is 1.36. The molecule has 4 rings (SSSR count). The van der Waals surface area contributed by atoms with Gasteiger partial charge in [0.25, 0.3) is 0 Å². The van der Waals surface area contributed by atoms with Crippen LogP contribution in [-0.4, -0.2) is 34.1 Å². The number of rotatable bonds is 1. The Labute approximate surface area is 139 Å². The number of fused-ring (bicyclic) bond motifs is 3. The van der Waals surface area contributed by atoms with Crippen LogP contribution in [0.1, 0.15) is 58.8 Å². The molecule has 0 aromatic rings. The highest BCUT2D eigenvalue weighted by Gasteiger charge is 2.67. The van der Waals surface area contributed by atoms with Crippen LogP contribution in [-0.2, 0) is 0 Å². The lowest BCUT2D eigenvalue weighted by Crippen LogP contribution is -2.62. The maximum Gasteiger partial charge on any atom is 0.0809 e. The van der Waals surface area contributed by atoms with Crippen LogP contribution in [0.2, 0.25) is 0 Å². The third kappa shape index (κ3) is 1.77. The minimum Gasteiger partial charge on any atom is -0.396 e. The zero-order valence-corrected chi connectivity index (χ0v) is 14.6. The van der Waals surface area contributed by atoms with E-state index in [0.717, 1.165) is 44.1 Å². The van der Waals surface area contributed by atoms with Gasteiger partial charge in [0.15, 0.2) is 0 Å². The minimum atomic E-state index is -0.403. The number of aliphatic hydroxyl groups is 3. The van der Waals surface area contributed by atoms with Crippen molar-refractivity contribution in [3.8, 4) is 0 Å². The Morgan fingerprint density at radius 1 is 1.04 bits per heavy atom. The maximum absolute atomic E-state index is 11.0. The topological polar surface area (TPSA) is 60.7 Å². The van der Waals surface area contributed by atoms with Gasteiger partial charge >= 0.3 is 0 Å². The molecule has 4 fully saturated rings. The van der Waals surface area contributed by atoms with Crippen molar-refractivity contribution in [3.05, 3.63) is 12.2 Å². The van der Waals surface area contributed by atoms with Crippen molar-refractivity contribution in [1.29, 1.82) is 0 Å². The second-order valence-corrected chi connectivity index (χ2v) is 9.56. The molecule has 4 saturated carbocycles. The Kier molecular flexibility index (Phi) is 3.38. The molecule has 3 N–H and O–H groups in total. The van der Waals surface area contributed by atoms with Crippen molar-refractivity contribution in [2.24, 2.45) is 34.0 Å². The molecule has 3 nitrogen and oxygen atoms in total. The largest absolute Gasteiger partial charge is 0.396 e. The van der Waals surface area contributed by atoms with Gasteiger partial charge in [0.05, 0.1) is 18.8 Å². The zero-order chi connectivity index (χ0) is 16.6. The van der Waals surface area contributed by atoms with E-state index in [1.165, 1.54) is 6.42 Å². The molecule has 23 heavy (non-hydrogen) atoms. The maximum atomic E-state index is 11.0. The van der Waals surface area contributed by atoms with Gasteiger partial charge in [0.1, 0.15) is 0 Å². The van der Waals surface area contributed by atoms with Crippen LogP contribution in [0.5, 0.6) is 0 Å². The molecule has 0 amide bonds. The van der Waals surface area contributed by atoms with Gasteiger partial charge in [-0.25, -0.2) is 0 Å². The predicted molar refractivity (Wildman–Crippen MR) is 89.7 cm³/mol. The summed E-state index contributed by atoms with van der Waals surface area (Å²) in [5.41, 5.74) is 0.817. The van der Waals surface area contributed by atoms with E-state index >= 15 is 0 Å². The highest BCUT2D eigenvalue weighted by atomic mass is 16.3. The van der Waals surface area contributed by atoms with Crippen molar-refractivity contribution in [3.63, 3.8) is 0 Å². The summed E-state index contributed by atoms with van der Waals surface area (Å²) < 4.78 is 0. The Bertz CT molecular complexity index is 531. The zero-order valence-electron chi connectivity index (χ0n) is 14.6. The van der Waals surface area contributed by atoms with E-state index in [9.17, 15) is 15.3 Å². The Hall–Kier alpha value is -0.380. The molecule has 0 aromatic heterocycles. The molecule has 2 bridgehead atoms. The molecule has 1 spiro atoms. The molecule has 3 heteroatoms. The second kappa shape index (κ2) is 4.83. The van der Waals surface area contributed by atoms with Crippen LogP contribution >= 0.6 is 0 Å². The smallest absolute Gasteiger partial charge is 0.0809 e. The van der Waals surface area contributed by atoms with Crippen molar-refractivity contribution >= 4 is 0 Å². The number of hydrogen-bond acceptors (Lipinski definition) is 3. The van der Waals surface area contributed by atoms with E-state index in [0.29, 0.717) is 17.8 Å². The van der Waals surface area contributed by atoms with Gasteiger partial charge in [-0.2, -0.15) is 0 Å². The highest BCUT2D eigenvalue weighted by molar-refractivity contribution is 5.27. The first-order valence-electron chi connectivity index (χ1n) is 9.45. The first kappa shape index (κ1) is 16.1. The lowest BCUT2D eigenvalue weighted by molar-refractivity contribution is -0.209. The van der Waals surface area contributed by atoms with E-state index in [2.05, 4.69) is 20.4 Å². The third-order valence-corrected chi connectivity index (χ3v) is 8.89. The molecule has 0 aromatic carbocycles. The molecule has 130 valence electrons. The van der Waals surface area contributed by atoms with Crippen LogP contribution in [0.15, 0.2) is 12.2 Å². The third-order valence-electron chi connectivity index (χ3n) is 8.89. The van der Waals surface area contributed by atoms with E-state index in [4.69, 9.17) is 0 Å². The average molecular weight is 320 g/mol. The van der Waals surface area contributed by atoms with Crippen LogP contribution < -0.4 is 0 Å². The quantitative estimate of drug-likeness (QED) is 0.651. The fraction of sp³-hybridized carbons (Fsp3) is 0.900. The number of aliphatic hydroxyl groups excluding tert-OH is 3. The summed E-state index contributed by atoms with van der Waals surface area (Å²) in [4.78, 5) is 0. The summed E-state index contributed by atoms with van der Waals surface area (Å²) >= 11 is 0. The van der Waals surface area contributed by atoms with Gasteiger partial charge in [-0.15, -0.1) is 0 Å². The fourth-order valence-corrected chi connectivity index (χ4v) is 7.61. The monoisotopic (exact) mass is 320 g/mol. The van der Waals surface area contributed by atoms with Crippen LogP contribution in [0.25, 0.3) is 0 Å². The highest BCUT2D eigenvalue weighted by Crippen LogP contribution is 2.71. The standard InChI is InChI=1S/C20H32O3/c1-12-13-4-5-15-18(2)8-7-16(22)19(3,11-21)14(18)6-9-20(15,10-13)17(12)23/h13-17,21-23H,1,4-11H2,2-3H3/t13?,14?,15-,16+,17-,18+,19+,20+/m0/s1. The fourth-order valence-electron chi connectivity index (χ4n) is 7.61. The Balaban J connectivity index is 1.77. The van der Waals surface area contributed by atoms with E-state index in [1.807, 2.05) is 0 Å². The molecule has 8 atom stereocenters. The second-order valence-electron chi connectivity index (χ2n) is 9.56. The SMILES string of the molecule is C=C1C2CC[C@@H]3[C@@](CCC4[C@@](C)(CO)[C@H](O)CC[C@]43C)(C2)[C@H]1O. The van der Waals surface area contributed by atoms with E-state index < -0.39 is 11.5 Å². The molecule has 0 heterocycles. The molecular formula is C20H32O3. The summed E-state index contributed by atoms with van der Waals surface area (Å²) in [6.45, 7) is 8.74. The van der Waals surface area contributed by atoms with E-state index in [-0.39, 0.29) is 23.5 Å². The Morgan fingerprint density at radius 3 is 2.48 bits per heavy atom. The molecule has 0 saturated heterocycles. The van der Waals surface area contributed by atoms with Gasteiger partial charge in [0.2, 0.25) is 0 Å². The van der Waals surface area contributed by atoms with Crippen molar-refractivity contribution in [2.45, 2.75) is 71.0 Å². The molecule has 0 radical (unpaired) electrons. The first-order valence-corrected chi connectivity index (χ1v) is 9.45. The molecule has 2 unspecified atom stereocenters. The van der Waals surface area contributed by atoms with Crippen LogP contribution in [0, 0.1) is 34.0 Å². The van der Waals surface area contributed by atoms with Crippen LogP contribution in [0.4, 0.5) is 0 Å².